The molecule has 1 aliphatic carbocycles. The van der Waals surface area contributed by atoms with E-state index in [0.29, 0.717) is 33.5 Å². The number of amides is 1. The number of ether oxygens (including phenoxy) is 3. The molecule has 1 aromatic carbocycles. The number of hydrogen-bond donors (Lipinski definition) is 2. The molecule has 4 rings (SSSR count). The van der Waals surface area contributed by atoms with Crippen LogP contribution in [0.5, 0.6) is 17.2 Å². The summed E-state index contributed by atoms with van der Waals surface area (Å²) in [6.07, 6.45) is 4.32. The Hall–Kier alpha value is -3.00. The summed E-state index contributed by atoms with van der Waals surface area (Å²) in [5.41, 5.74) is 9.68. The summed E-state index contributed by atoms with van der Waals surface area (Å²) < 4.78 is 16.0. The van der Waals surface area contributed by atoms with Crippen LogP contribution in [0, 0.1) is 0 Å². The molecule has 0 saturated carbocycles. The number of hydrogen-bond acceptors (Lipinski definition) is 7. The van der Waals surface area contributed by atoms with Crippen molar-refractivity contribution in [1.82, 2.24) is 4.98 Å². The van der Waals surface area contributed by atoms with Crippen LogP contribution < -0.4 is 25.3 Å². The zero-order chi connectivity index (χ0) is 20.5. The van der Waals surface area contributed by atoms with E-state index in [0.717, 1.165) is 35.2 Å². The number of carbonyl (C=O) groups is 1. The molecule has 8 heteroatoms. The van der Waals surface area contributed by atoms with Crippen LogP contribution in [-0.4, -0.2) is 32.2 Å². The number of nitrogens with two attached hydrogens (primary N) is 1. The number of anilines is 2. The van der Waals surface area contributed by atoms with Crippen molar-refractivity contribution < 1.29 is 19.0 Å². The molecule has 0 saturated heterocycles. The molecule has 1 amide bonds. The van der Waals surface area contributed by atoms with E-state index in [1.807, 2.05) is 0 Å². The van der Waals surface area contributed by atoms with Gasteiger partial charge >= 0.3 is 0 Å². The minimum atomic E-state index is -0.294. The van der Waals surface area contributed by atoms with Crippen molar-refractivity contribution in [2.24, 2.45) is 0 Å². The zero-order valence-electron chi connectivity index (χ0n) is 16.6. The monoisotopic (exact) mass is 413 g/mol. The van der Waals surface area contributed by atoms with Crippen LogP contribution in [0.15, 0.2) is 18.2 Å². The summed E-state index contributed by atoms with van der Waals surface area (Å²) in [6.45, 7) is 0. The smallest absolute Gasteiger partial charge is 0.267 e. The molecule has 3 aromatic rings. The van der Waals surface area contributed by atoms with Crippen LogP contribution >= 0.6 is 11.3 Å². The Morgan fingerprint density at radius 3 is 2.41 bits per heavy atom. The number of nitrogens with zero attached hydrogens (tertiary/aromatic N) is 1. The van der Waals surface area contributed by atoms with Gasteiger partial charge in [-0.1, -0.05) is 0 Å². The largest absolute Gasteiger partial charge is 0.493 e. The summed E-state index contributed by atoms with van der Waals surface area (Å²) >= 11 is 1.32. The van der Waals surface area contributed by atoms with E-state index in [1.54, 1.807) is 12.1 Å². The van der Waals surface area contributed by atoms with Gasteiger partial charge in [0.05, 0.1) is 27.0 Å². The lowest BCUT2D eigenvalue weighted by atomic mass is 9.95. The fraction of sp³-hybridized carbons (Fsp3) is 0.333. The number of methoxy groups -OCH3 is 3. The third-order valence-electron chi connectivity index (χ3n) is 5.13. The van der Waals surface area contributed by atoms with E-state index in [9.17, 15) is 4.79 Å². The Morgan fingerprint density at radius 1 is 1.07 bits per heavy atom. The van der Waals surface area contributed by atoms with E-state index in [-0.39, 0.29) is 5.91 Å². The van der Waals surface area contributed by atoms with Crippen LogP contribution in [0.25, 0.3) is 10.2 Å². The summed E-state index contributed by atoms with van der Waals surface area (Å²) in [4.78, 5) is 19.0. The molecule has 0 bridgehead atoms. The first-order valence-electron chi connectivity index (χ1n) is 9.37. The molecule has 29 heavy (non-hydrogen) atoms. The fourth-order valence-electron chi connectivity index (χ4n) is 3.67. The lowest BCUT2D eigenvalue weighted by Crippen LogP contribution is -2.12. The normalized spacial score (nSPS) is 13.1. The molecule has 0 atom stereocenters. The van der Waals surface area contributed by atoms with Gasteiger partial charge in [-0.2, -0.15) is 0 Å². The maximum atomic E-state index is 13.0. The van der Waals surface area contributed by atoms with E-state index < -0.39 is 0 Å². The third-order valence-corrected chi connectivity index (χ3v) is 6.24. The van der Waals surface area contributed by atoms with Gasteiger partial charge in [0.2, 0.25) is 5.75 Å². The van der Waals surface area contributed by atoms with Crippen LogP contribution in [0.3, 0.4) is 0 Å². The first-order valence-corrected chi connectivity index (χ1v) is 10.2. The van der Waals surface area contributed by atoms with Crippen LogP contribution in [-0.2, 0) is 12.8 Å². The van der Waals surface area contributed by atoms with E-state index >= 15 is 0 Å². The van der Waals surface area contributed by atoms with Crippen molar-refractivity contribution in [3.63, 3.8) is 0 Å². The maximum Gasteiger partial charge on any atom is 0.267 e. The van der Waals surface area contributed by atoms with Crippen molar-refractivity contribution in [2.75, 3.05) is 32.4 Å². The maximum absolute atomic E-state index is 13.0. The molecule has 0 spiro atoms. The van der Waals surface area contributed by atoms with Crippen LogP contribution in [0.4, 0.5) is 11.4 Å². The number of nitrogens with one attached hydrogen (secondary N) is 1. The zero-order valence-corrected chi connectivity index (χ0v) is 17.4. The van der Waals surface area contributed by atoms with Crippen molar-refractivity contribution >= 4 is 38.8 Å². The Labute approximate surface area is 172 Å². The molecule has 152 valence electrons. The highest BCUT2D eigenvalue weighted by molar-refractivity contribution is 7.21. The van der Waals surface area contributed by atoms with Crippen molar-refractivity contribution in [3.8, 4) is 17.2 Å². The minimum absolute atomic E-state index is 0.294. The van der Waals surface area contributed by atoms with Crippen molar-refractivity contribution in [2.45, 2.75) is 25.7 Å². The number of fused-ring (bicyclic) bond motifs is 2. The number of aromatic nitrogens is 1. The first-order chi connectivity index (χ1) is 14.0. The lowest BCUT2D eigenvalue weighted by Gasteiger charge is -2.14. The van der Waals surface area contributed by atoms with Gasteiger partial charge in [-0.25, -0.2) is 4.98 Å². The first kappa shape index (κ1) is 19.3. The van der Waals surface area contributed by atoms with Gasteiger partial charge in [0, 0.05) is 28.9 Å². The number of aryl methyl sites for hydroxylation is 2. The second-order valence-corrected chi connectivity index (χ2v) is 7.87. The predicted octanol–water partition coefficient (Wildman–Crippen LogP) is 4.04. The third kappa shape index (κ3) is 3.44. The molecular formula is C21H23N3O4S. The average molecular weight is 413 g/mol. The Kier molecular flexibility index (Phi) is 5.19. The molecule has 2 aromatic heterocycles. The second-order valence-electron chi connectivity index (χ2n) is 6.87. The second kappa shape index (κ2) is 7.79. The highest BCUT2D eigenvalue weighted by Crippen LogP contribution is 2.41. The summed E-state index contributed by atoms with van der Waals surface area (Å²) in [5.74, 6) is 1.09. The van der Waals surface area contributed by atoms with Crippen LogP contribution in [0.1, 0.15) is 33.8 Å². The molecule has 2 heterocycles. The highest BCUT2D eigenvalue weighted by Gasteiger charge is 2.21. The van der Waals surface area contributed by atoms with Crippen LogP contribution in [0.2, 0.25) is 0 Å². The summed E-state index contributed by atoms with van der Waals surface area (Å²) in [5, 5.41) is 3.73. The lowest BCUT2D eigenvalue weighted by molar-refractivity contribution is 0.103. The molecule has 7 nitrogen and oxygen atoms in total. The summed E-state index contributed by atoms with van der Waals surface area (Å²) in [6, 6.07) is 5.46. The van der Waals surface area contributed by atoms with Gasteiger partial charge < -0.3 is 25.3 Å². The summed E-state index contributed by atoms with van der Waals surface area (Å²) in [7, 11) is 4.59. The number of thiophene rings is 1. The Balaban J connectivity index is 1.68. The van der Waals surface area contributed by atoms with Gasteiger partial charge in [0.15, 0.2) is 11.5 Å². The molecule has 0 aliphatic heterocycles. The predicted molar refractivity (Wildman–Crippen MR) is 115 cm³/mol. The average Bonchev–Trinajstić information content (AvgIpc) is 3.07. The van der Waals surface area contributed by atoms with Gasteiger partial charge in [-0.3, -0.25) is 4.79 Å². The van der Waals surface area contributed by atoms with Gasteiger partial charge in [0.25, 0.3) is 5.91 Å². The molecule has 0 unspecified atom stereocenters. The molecule has 0 radical (unpaired) electrons. The highest BCUT2D eigenvalue weighted by atomic mass is 32.1. The van der Waals surface area contributed by atoms with Gasteiger partial charge in [0.1, 0.15) is 9.71 Å². The van der Waals surface area contributed by atoms with Crippen molar-refractivity contribution in [1.29, 1.82) is 0 Å². The number of pyridine rings is 1. The fourth-order valence-corrected chi connectivity index (χ4v) is 4.66. The number of rotatable bonds is 5. The molecule has 1 aliphatic rings. The standard InChI is InChI=1S/C21H23N3O4S/c1-26-15-9-12(10-16(27-2)18(15)28-3)23-20(25)19-17(22)13-8-11-6-4-5-7-14(11)24-21(13)29-19/h8-10H,4-7,22H2,1-3H3,(H,23,25). The molecule has 3 N–H and O–H groups in total. The Morgan fingerprint density at radius 2 is 1.76 bits per heavy atom. The van der Waals surface area contributed by atoms with Gasteiger partial charge in [-0.15, -0.1) is 11.3 Å². The number of nitrogen functional groups attached to an aromatic ring is 1. The Bertz CT molecular complexity index is 1070. The minimum Gasteiger partial charge on any atom is -0.493 e. The molecule has 0 fully saturated rings. The van der Waals surface area contributed by atoms with E-state index in [1.165, 1.54) is 44.7 Å². The van der Waals surface area contributed by atoms with E-state index in [2.05, 4.69) is 11.4 Å². The SMILES string of the molecule is COc1cc(NC(=O)c2sc3nc4c(cc3c2N)CCCC4)cc(OC)c1OC. The topological polar surface area (TPSA) is 95.7 Å². The van der Waals surface area contributed by atoms with Crippen molar-refractivity contribution in [3.05, 3.63) is 34.3 Å². The quantitative estimate of drug-likeness (QED) is 0.656. The number of carbonyl (C=O) groups excluding carboxylic acids is 1. The molecular weight excluding hydrogens is 390 g/mol. The number of benzene rings is 1. The van der Waals surface area contributed by atoms with Gasteiger partial charge in [-0.05, 0) is 37.3 Å². The van der Waals surface area contributed by atoms with E-state index in [4.69, 9.17) is 24.9 Å².